The Balaban J connectivity index is 1.86. The summed E-state index contributed by atoms with van der Waals surface area (Å²) in [5.41, 5.74) is 3.56. The molecule has 2 heterocycles. The van der Waals surface area contributed by atoms with Gasteiger partial charge in [0.2, 0.25) is 0 Å². The summed E-state index contributed by atoms with van der Waals surface area (Å²) < 4.78 is 16.2. The molecule has 1 aliphatic heterocycles. The molecule has 0 saturated heterocycles. The van der Waals surface area contributed by atoms with Crippen molar-refractivity contribution in [2.75, 3.05) is 34.5 Å². The quantitative estimate of drug-likeness (QED) is 0.539. The normalized spacial score (nSPS) is 15.3. The number of hydrogen-bond donors (Lipinski definition) is 2. The zero-order chi connectivity index (χ0) is 22.0. The average molecular weight is 423 g/mol. The number of nitrogens with one attached hydrogen (secondary N) is 1. The van der Waals surface area contributed by atoms with Gasteiger partial charge in [-0.3, -0.25) is 9.89 Å². The number of ether oxygens (including phenoxy) is 3. The molecular weight excluding hydrogens is 398 g/mol. The van der Waals surface area contributed by atoms with E-state index in [2.05, 4.69) is 10.2 Å². The molecule has 0 spiro atoms. The number of methoxy groups -OCH3 is 3. The lowest BCUT2D eigenvalue weighted by atomic mass is 9.95. The van der Waals surface area contributed by atoms with Gasteiger partial charge in [-0.1, -0.05) is 0 Å². The average Bonchev–Trinajstić information content (AvgIpc) is 3.33. The fourth-order valence-electron chi connectivity index (χ4n) is 4.01. The van der Waals surface area contributed by atoms with E-state index in [9.17, 15) is 9.90 Å². The summed E-state index contributed by atoms with van der Waals surface area (Å²) >= 11 is 0. The highest BCUT2D eigenvalue weighted by atomic mass is 16.5. The number of carbonyl (C=O) groups is 1. The van der Waals surface area contributed by atoms with E-state index in [1.165, 1.54) is 0 Å². The molecule has 3 aromatic rings. The summed E-state index contributed by atoms with van der Waals surface area (Å²) in [5.74, 6) is 1.34. The molecule has 0 bridgehead atoms. The Hall–Kier alpha value is -3.52. The predicted octanol–water partition coefficient (Wildman–Crippen LogP) is 3.38. The van der Waals surface area contributed by atoms with E-state index in [1.54, 1.807) is 45.6 Å². The van der Waals surface area contributed by atoms with Gasteiger partial charge in [0.25, 0.3) is 5.91 Å². The molecule has 31 heavy (non-hydrogen) atoms. The Morgan fingerprint density at radius 2 is 1.87 bits per heavy atom. The maximum absolute atomic E-state index is 13.3. The fourth-order valence-corrected chi connectivity index (χ4v) is 4.01. The Labute approximate surface area is 180 Å². The number of carbonyl (C=O) groups excluding carboxylic acids is 1. The summed E-state index contributed by atoms with van der Waals surface area (Å²) in [6.07, 6.45) is 0.698. The molecule has 8 nitrogen and oxygen atoms in total. The fraction of sp³-hybridized carbons (Fsp3) is 0.304. The van der Waals surface area contributed by atoms with Crippen molar-refractivity contribution in [2.45, 2.75) is 12.5 Å². The zero-order valence-electron chi connectivity index (χ0n) is 17.7. The van der Waals surface area contributed by atoms with Crippen LogP contribution in [0.2, 0.25) is 0 Å². The van der Waals surface area contributed by atoms with E-state index in [4.69, 9.17) is 14.2 Å². The molecule has 1 aromatic heterocycles. The molecule has 0 fully saturated rings. The Morgan fingerprint density at radius 3 is 2.55 bits per heavy atom. The maximum atomic E-state index is 13.3. The van der Waals surface area contributed by atoms with E-state index < -0.39 is 0 Å². The van der Waals surface area contributed by atoms with Gasteiger partial charge in [0.15, 0.2) is 0 Å². The molecular formula is C23H25N3O5. The van der Waals surface area contributed by atoms with Crippen LogP contribution < -0.4 is 9.47 Å². The third-order valence-corrected chi connectivity index (χ3v) is 5.49. The van der Waals surface area contributed by atoms with Crippen LogP contribution in [0.5, 0.6) is 17.2 Å². The number of hydrogen-bond acceptors (Lipinski definition) is 6. The number of aromatic hydroxyl groups is 1. The summed E-state index contributed by atoms with van der Waals surface area (Å²) in [7, 11) is 4.84. The number of phenolic OH excluding ortho intramolecular Hbond substituents is 1. The number of aromatic nitrogens is 2. The molecule has 162 valence electrons. The van der Waals surface area contributed by atoms with Crippen LogP contribution in [0.1, 0.15) is 34.1 Å². The standard InChI is InChI=1S/C23H25N3O5/c1-29-12-4-11-26-22(17-10-9-16(30-2)13-18(17)31-3)19-20(24-25-21(19)23(26)28)14-5-7-15(27)8-6-14/h5-10,13,22,27H,4,11-12H2,1-3H3,(H,24,25). The lowest BCUT2D eigenvalue weighted by molar-refractivity contribution is 0.0722. The molecule has 1 atom stereocenters. The Morgan fingerprint density at radius 1 is 1.10 bits per heavy atom. The van der Waals surface area contributed by atoms with E-state index in [0.717, 1.165) is 16.7 Å². The van der Waals surface area contributed by atoms with Gasteiger partial charge in [0, 0.05) is 43.0 Å². The second kappa shape index (κ2) is 8.69. The highest BCUT2D eigenvalue weighted by Crippen LogP contribution is 2.46. The second-order valence-electron chi connectivity index (χ2n) is 7.26. The summed E-state index contributed by atoms with van der Waals surface area (Å²) in [6.45, 7) is 1.07. The number of phenols is 1. The van der Waals surface area contributed by atoms with Crippen LogP contribution in [0.25, 0.3) is 11.3 Å². The predicted molar refractivity (Wildman–Crippen MR) is 115 cm³/mol. The highest BCUT2D eigenvalue weighted by Gasteiger charge is 2.43. The van der Waals surface area contributed by atoms with Gasteiger partial charge in [0.05, 0.1) is 26.0 Å². The third kappa shape index (κ3) is 3.70. The Kier molecular flexibility index (Phi) is 5.81. The first-order chi connectivity index (χ1) is 15.1. The summed E-state index contributed by atoms with van der Waals surface area (Å²) in [4.78, 5) is 15.1. The second-order valence-corrected chi connectivity index (χ2v) is 7.26. The zero-order valence-corrected chi connectivity index (χ0v) is 17.7. The van der Waals surface area contributed by atoms with E-state index >= 15 is 0 Å². The minimum Gasteiger partial charge on any atom is -0.508 e. The largest absolute Gasteiger partial charge is 0.508 e. The lowest BCUT2D eigenvalue weighted by Gasteiger charge is -2.27. The van der Waals surface area contributed by atoms with Crippen molar-refractivity contribution in [3.63, 3.8) is 0 Å². The van der Waals surface area contributed by atoms with Crippen molar-refractivity contribution in [2.24, 2.45) is 0 Å². The molecule has 0 aliphatic carbocycles. The first-order valence-corrected chi connectivity index (χ1v) is 9.98. The van der Waals surface area contributed by atoms with E-state index in [-0.39, 0.29) is 17.7 Å². The third-order valence-electron chi connectivity index (χ3n) is 5.49. The van der Waals surface area contributed by atoms with Crippen molar-refractivity contribution in [1.29, 1.82) is 0 Å². The molecule has 8 heteroatoms. The molecule has 0 radical (unpaired) electrons. The lowest BCUT2D eigenvalue weighted by Crippen LogP contribution is -2.31. The van der Waals surface area contributed by atoms with Gasteiger partial charge in [-0.15, -0.1) is 0 Å². The minimum atomic E-state index is -0.386. The van der Waals surface area contributed by atoms with Gasteiger partial charge < -0.3 is 24.2 Å². The van der Waals surface area contributed by atoms with Crippen LogP contribution in [0.4, 0.5) is 0 Å². The maximum Gasteiger partial charge on any atom is 0.273 e. The number of rotatable bonds is 8. The van der Waals surface area contributed by atoms with Crippen LogP contribution in [0.3, 0.4) is 0 Å². The van der Waals surface area contributed by atoms with Crippen LogP contribution in [0.15, 0.2) is 42.5 Å². The monoisotopic (exact) mass is 423 g/mol. The summed E-state index contributed by atoms with van der Waals surface area (Å²) in [6, 6.07) is 12.0. The van der Waals surface area contributed by atoms with Crippen LogP contribution in [-0.2, 0) is 4.74 Å². The van der Waals surface area contributed by atoms with Crippen molar-refractivity contribution < 1.29 is 24.1 Å². The first kappa shape index (κ1) is 20.7. The molecule has 2 aromatic carbocycles. The van der Waals surface area contributed by atoms with Crippen molar-refractivity contribution in [1.82, 2.24) is 15.1 Å². The number of H-pyrrole nitrogens is 1. The van der Waals surface area contributed by atoms with E-state index in [0.29, 0.717) is 42.5 Å². The number of amides is 1. The van der Waals surface area contributed by atoms with Crippen molar-refractivity contribution >= 4 is 5.91 Å². The summed E-state index contributed by atoms with van der Waals surface area (Å²) in [5, 5.41) is 17.0. The highest BCUT2D eigenvalue weighted by molar-refractivity contribution is 6.00. The molecule has 1 amide bonds. The van der Waals surface area contributed by atoms with Gasteiger partial charge in [-0.05, 0) is 42.8 Å². The van der Waals surface area contributed by atoms with Gasteiger partial charge in [-0.2, -0.15) is 5.10 Å². The molecule has 1 aliphatic rings. The number of fused-ring (bicyclic) bond motifs is 1. The van der Waals surface area contributed by atoms with Crippen LogP contribution >= 0.6 is 0 Å². The minimum absolute atomic E-state index is 0.119. The molecule has 0 saturated carbocycles. The van der Waals surface area contributed by atoms with Crippen molar-refractivity contribution in [3.8, 4) is 28.5 Å². The first-order valence-electron chi connectivity index (χ1n) is 9.98. The number of aromatic amines is 1. The molecule has 1 unspecified atom stereocenters. The number of benzene rings is 2. The van der Waals surface area contributed by atoms with Crippen LogP contribution in [-0.4, -0.2) is 60.6 Å². The SMILES string of the molecule is COCCCN1C(=O)c2[nH]nc(-c3ccc(O)cc3)c2C1c1ccc(OC)cc1OC. The Bertz CT molecular complexity index is 1080. The van der Waals surface area contributed by atoms with E-state index in [1.807, 2.05) is 23.1 Å². The van der Waals surface area contributed by atoms with Crippen LogP contribution in [0, 0.1) is 0 Å². The number of nitrogens with zero attached hydrogens (tertiary/aromatic N) is 2. The van der Waals surface area contributed by atoms with Gasteiger partial charge >= 0.3 is 0 Å². The topological polar surface area (TPSA) is 96.9 Å². The smallest absolute Gasteiger partial charge is 0.273 e. The molecule has 2 N–H and O–H groups in total. The van der Waals surface area contributed by atoms with Gasteiger partial charge in [0.1, 0.15) is 22.9 Å². The van der Waals surface area contributed by atoms with Gasteiger partial charge in [-0.25, -0.2) is 0 Å². The molecule has 4 rings (SSSR count). The van der Waals surface area contributed by atoms with Crippen molar-refractivity contribution in [3.05, 3.63) is 59.3 Å².